The van der Waals surface area contributed by atoms with Gasteiger partial charge < -0.3 is 14.5 Å². The van der Waals surface area contributed by atoms with Gasteiger partial charge in [-0.2, -0.15) is 0 Å². The lowest BCUT2D eigenvalue weighted by Crippen LogP contribution is -2.65. The first-order chi connectivity index (χ1) is 17.4. The van der Waals surface area contributed by atoms with Crippen molar-refractivity contribution in [2.24, 2.45) is 5.92 Å². The molecule has 186 valence electrons. The Labute approximate surface area is 209 Å². The molecule has 0 amide bonds. The number of hydrogen-bond donors (Lipinski definition) is 1. The topological polar surface area (TPSA) is 55.4 Å². The quantitative estimate of drug-likeness (QED) is 0.269. The van der Waals surface area contributed by atoms with Crippen LogP contribution in [0.25, 0.3) is 0 Å². The minimum absolute atomic E-state index is 0.0893. The van der Waals surface area contributed by atoms with Gasteiger partial charge in [0.2, 0.25) is 5.78 Å². The Hall–Kier alpha value is -3.58. The zero-order valence-electron chi connectivity index (χ0n) is 19.9. The highest BCUT2D eigenvalue weighted by molar-refractivity contribution is 5.97. The number of piperidine rings is 3. The van der Waals surface area contributed by atoms with Crippen LogP contribution in [0.2, 0.25) is 0 Å². The van der Waals surface area contributed by atoms with Gasteiger partial charge in [-0.05, 0) is 35.9 Å². The molecule has 3 aliphatic heterocycles. The van der Waals surface area contributed by atoms with Crippen molar-refractivity contribution in [1.29, 1.82) is 0 Å². The van der Waals surface area contributed by atoms with Crippen LogP contribution in [0.15, 0.2) is 78.9 Å². The normalized spacial score (nSPS) is 23.6. The molecule has 0 aliphatic carbocycles. The fraction of sp³-hybridized carbons (Fsp3) is 0.310. The summed E-state index contributed by atoms with van der Waals surface area (Å²) in [5.74, 6) is -1.15. The summed E-state index contributed by atoms with van der Waals surface area (Å²) in [4.78, 5) is 26.4. The maximum absolute atomic E-state index is 14.0. The van der Waals surface area contributed by atoms with E-state index in [1.807, 2.05) is 30.3 Å². The Bertz CT molecular complexity index is 1240. The van der Waals surface area contributed by atoms with Crippen LogP contribution in [0.4, 0.5) is 14.5 Å². The third kappa shape index (κ3) is 5.31. The summed E-state index contributed by atoms with van der Waals surface area (Å²) in [5, 5.41) is 3.02. The van der Waals surface area contributed by atoms with Crippen LogP contribution in [0.5, 0.6) is 0 Å². The van der Waals surface area contributed by atoms with Crippen LogP contribution >= 0.6 is 0 Å². The average Bonchev–Trinajstić information content (AvgIpc) is 2.88. The van der Waals surface area contributed by atoms with E-state index in [9.17, 15) is 18.4 Å². The van der Waals surface area contributed by atoms with Crippen molar-refractivity contribution in [1.82, 2.24) is 0 Å². The first kappa shape index (κ1) is 24.1. The molecular weight excluding hydrogens is 462 g/mol. The predicted octanol–water partition coefficient (Wildman–Crippen LogP) is 5.15. The number of ether oxygens (including phenoxy) is 1. The van der Waals surface area contributed by atoms with Crippen molar-refractivity contribution in [3.63, 3.8) is 0 Å². The maximum atomic E-state index is 14.0. The molecule has 0 saturated carbocycles. The number of benzene rings is 3. The molecule has 0 spiro atoms. The molecule has 0 aromatic heterocycles. The Morgan fingerprint density at radius 2 is 1.61 bits per heavy atom. The molecule has 3 aromatic carbocycles. The number of carbonyl (C=O) groups excluding carboxylic acids is 2. The molecule has 1 N–H and O–H groups in total. The van der Waals surface area contributed by atoms with Crippen molar-refractivity contribution in [3.05, 3.63) is 102 Å². The number of Topliss-reactive ketones (excluding diaryl/α,β-unsaturated/α-hetero) is 1. The highest BCUT2D eigenvalue weighted by Crippen LogP contribution is 2.37. The van der Waals surface area contributed by atoms with E-state index >= 15 is 0 Å². The van der Waals surface area contributed by atoms with Crippen LogP contribution in [-0.2, 0) is 9.53 Å². The second kappa shape index (κ2) is 10.2. The van der Waals surface area contributed by atoms with Crippen LogP contribution < -0.4 is 5.32 Å². The molecule has 6 rings (SSSR count). The molecule has 2 bridgehead atoms. The minimum Gasteiger partial charge on any atom is -0.454 e. The summed E-state index contributed by atoms with van der Waals surface area (Å²) in [6, 6.07) is 19.8. The first-order valence-corrected chi connectivity index (χ1v) is 12.3. The van der Waals surface area contributed by atoms with Gasteiger partial charge in [-0.15, -0.1) is 0 Å². The standard InChI is InChI=1S/C29H29F2N2O3/c30-23-9-4-8-22(16-23)28(32-25-11-5-10-24(31)17-25)29(35)36-27-19-33(14-12-21(27)13-15-33)18-26(34)20-6-2-1-3-7-20/h1-11,16-17,21,27-28,32H,12-15,18-19H2/q+1/t21?,27-,28+,33?/m0/s1. The first-order valence-electron chi connectivity index (χ1n) is 12.3. The van der Waals surface area contributed by atoms with Crippen molar-refractivity contribution in [2.45, 2.75) is 25.0 Å². The highest BCUT2D eigenvalue weighted by Gasteiger charge is 2.49. The van der Waals surface area contributed by atoms with Gasteiger partial charge in [0.25, 0.3) is 0 Å². The molecule has 3 saturated heterocycles. The Balaban J connectivity index is 1.33. The molecule has 7 heteroatoms. The number of anilines is 1. The van der Waals surface area contributed by atoms with Crippen molar-refractivity contribution >= 4 is 17.4 Å². The zero-order valence-corrected chi connectivity index (χ0v) is 19.9. The third-order valence-electron chi connectivity index (χ3n) is 7.44. The largest absolute Gasteiger partial charge is 0.454 e. The van der Waals surface area contributed by atoms with Gasteiger partial charge in [0.05, 0.1) is 13.1 Å². The smallest absolute Gasteiger partial charge is 0.333 e. The number of halogens is 2. The summed E-state index contributed by atoms with van der Waals surface area (Å²) < 4.78 is 34.4. The van der Waals surface area contributed by atoms with Crippen molar-refractivity contribution in [2.75, 3.05) is 31.5 Å². The van der Waals surface area contributed by atoms with Gasteiger partial charge in [0, 0.05) is 30.0 Å². The number of ketones is 1. The zero-order chi connectivity index (χ0) is 25.1. The lowest BCUT2D eigenvalue weighted by molar-refractivity contribution is -0.938. The summed E-state index contributed by atoms with van der Waals surface area (Å²) in [7, 11) is 0. The number of rotatable bonds is 8. The molecule has 0 radical (unpaired) electrons. The van der Waals surface area contributed by atoms with E-state index < -0.39 is 23.6 Å². The lowest BCUT2D eigenvalue weighted by Gasteiger charge is -2.51. The fourth-order valence-electron chi connectivity index (χ4n) is 5.52. The number of quaternary nitrogens is 1. The highest BCUT2D eigenvalue weighted by atomic mass is 19.1. The molecule has 0 unspecified atom stereocenters. The van der Waals surface area contributed by atoms with Gasteiger partial charge in [0.15, 0.2) is 12.1 Å². The Kier molecular flexibility index (Phi) is 6.83. The summed E-state index contributed by atoms with van der Waals surface area (Å²) in [6.07, 6.45) is 1.41. The summed E-state index contributed by atoms with van der Waals surface area (Å²) >= 11 is 0. The van der Waals surface area contributed by atoms with Gasteiger partial charge in [-0.25, -0.2) is 13.6 Å². The van der Waals surface area contributed by atoms with E-state index in [0.29, 0.717) is 34.4 Å². The van der Waals surface area contributed by atoms with Crippen LogP contribution in [-0.4, -0.2) is 48.5 Å². The van der Waals surface area contributed by atoms with Crippen LogP contribution in [0, 0.1) is 17.6 Å². The lowest BCUT2D eigenvalue weighted by atomic mass is 9.82. The second-order valence-corrected chi connectivity index (χ2v) is 9.87. The SMILES string of the molecule is O=C(C[N+]12CCC(CC1)[C@@H](OC(=O)[C@H](Nc1cccc(F)c1)c1cccc(F)c1)C2)c1ccccc1. The number of nitrogens with one attached hydrogen (secondary N) is 1. The van der Waals surface area contributed by atoms with E-state index in [2.05, 4.69) is 5.32 Å². The van der Waals surface area contributed by atoms with Crippen LogP contribution in [0.3, 0.4) is 0 Å². The van der Waals surface area contributed by atoms with Crippen molar-refractivity contribution in [3.8, 4) is 0 Å². The van der Waals surface area contributed by atoms with Gasteiger partial charge in [-0.1, -0.05) is 48.5 Å². The van der Waals surface area contributed by atoms with E-state index in [-0.39, 0.29) is 17.8 Å². The fourth-order valence-corrected chi connectivity index (χ4v) is 5.52. The Morgan fingerprint density at radius 1 is 0.917 bits per heavy atom. The summed E-state index contributed by atoms with van der Waals surface area (Å²) in [6.45, 7) is 2.71. The molecule has 36 heavy (non-hydrogen) atoms. The number of hydrogen-bond acceptors (Lipinski definition) is 4. The summed E-state index contributed by atoms with van der Waals surface area (Å²) in [5.41, 5.74) is 1.48. The Morgan fingerprint density at radius 3 is 2.31 bits per heavy atom. The molecule has 3 aliphatic rings. The van der Waals surface area contributed by atoms with Gasteiger partial charge >= 0.3 is 5.97 Å². The van der Waals surface area contributed by atoms with E-state index in [4.69, 9.17) is 4.74 Å². The molecule has 3 fully saturated rings. The molecular formula is C29H29F2N2O3+. The predicted molar refractivity (Wildman–Crippen MR) is 132 cm³/mol. The molecule has 3 aromatic rings. The number of nitrogens with zero attached hydrogens (tertiary/aromatic N) is 1. The number of carbonyl (C=O) groups is 2. The minimum atomic E-state index is -1.00. The molecule has 5 nitrogen and oxygen atoms in total. The number of esters is 1. The van der Waals surface area contributed by atoms with Crippen molar-refractivity contribution < 1.29 is 27.6 Å². The maximum Gasteiger partial charge on any atom is 0.333 e. The van der Waals surface area contributed by atoms with Gasteiger partial charge in [-0.3, -0.25) is 4.79 Å². The number of fused-ring (bicyclic) bond motifs is 3. The van der Waals surface area contributed by atoms with E-state index in [1.165, 1.54) is 36.4 Å². The monoisotopic (exact) mass is 491 g/mol. The average molecular weight is 492 g/mol. The molecule has 2 atom stereocenters. The second-order valence-electron chi connectivity index (χ2n) is 9.87. The van der Waals surface area contributed by atoms with Gasteiger partial charge in [0.1, 0.15) is 24.7 Å². The van der Waals surface area contributed by atoms with E-state index in [0.717, 1.165) is 25.9 Å². The van der Waals surface area contributed by atoms with Crippen LogP contribution in [0.1, 0.15) is 34.8 Å². The molecule has 3 heterocycles. The third-order valence-corrected chi connectivity index (χ3v) is 7.44. The van der Waals surface area contributed by atoms with E-state index in [1.54, 1.807) is 12.1 Å².